The summed E-state index contributed by atoms with van der Waals surface area (Å²) in [5.74, 6) is 0. The fourth-order valence-electron chi connectivity index (χ4n) is 2.47. The summed E-state index contributed by atoms with van der Waals surface area (Å²) >= 11 is 7.62. The maximum atomic E-state index is 6.08. The van der Waals surface area contributed by atoms with Crippen molar-refractivity contribution in [3.63, 3.8) is 0 Å². The van der Waals surface area contributed by atoms with Crippen molar-refractivity contribution in [1.82, 2.24) is 19.6 Å². The van der Waals surface area contributed by atoms with E-state index in [4.69, 9.17) is 11.6 Å². The smallest absolute Gasteiger partial charge is 0.214 e. The third-order valence-corrected chi connectivity index (χ3v) is 4.76. The summed E-state index contributed by atoms with van der Waals surface area (Å²) in [7, 11) is 0. The summed E-state index contributed by atoms with van der Waals surface area (Å²) in [6.07, 6.45) is 6.37. The summed E-state index contributed by atoms with van der Waals surface area (Å²) < 4.78 is 1.85. The normalized spacial score (nSPS) is 11.0. The van der Waals surface area contributed by atoms with Crippen LogP contribution in [0.1, 0.15) is 5.56 Å². The molecule has 0 unspecified atom stereocenters. The molecule has 3 heterocycles. The van der Waals surface area contributed by atoms with Crippen molar-refractivity contribution < 1.29 is 0 Å². The van der Waals surface area contributed by atoms with Gasteiger partial charge >= 0.3 is 0 Å². The number of aromatic nitrogens is 4. The van der Waals surface area contributed by atoms with Crippen molar-refractivity contribution in [2.75, 3.05) is 11.9 Å². The first-order chi connectivity index (χ1) is 11.8. The monoisotopic (exact) mass is 355 g/mol. The minimum atomic E-state index is 0.702. The average Bonchev–Trinajstić information content (AvgIpc) is 3.16. The minimum absolute atomic E-state index is 0.702. The zero-order valence-electron chi connectivity index (χ0n) is 12.7. The maximum absolute atomic E-state index is 6.08. The molecule has 120 valence electrons. The predicted octanol–water partition coefficient (Wildman–Crippen LogP) is 4.16. The molecule has 0 amide bonds. The van der Waals surface area contributed by atoms with Crippen molar-refractivity contribution in [1.29, 1.82) is 0 Å². The van der Waals surface area contributed by atoms with Gasteiger partial charge in [0.1, 0.15) is 0 Å². The fraction of sp³-hybridized carbons (Fsp3) is 0.118. The van der Waals surface area contributed by atoms with Crippen molar-refractivity contribution >= 4 is 33.0 Å². The Bertz CT molecular complexity index is 963. The van der Waals surface area contributed by atoms with Gasteiger partial charge in [-0.05, 0) is 36.2 Å². The summed E-state index contributed by atoms with van der Waals surface area (Å²) in [4.78, 5) is 9.32. The molecule has 0 aliphatic heterocycles. The van der Waals surface area contributed by atoms with E-state index in [2.05, 4.69) is 20.4 Å². The second kappa shape index (κ2) is 6.59. The second-order valence-corrected chi connectivity index (χ2v) is 6.68. The van der Waals surface area contributed by atoms with E-state index in [1.54, 1.807) is 0 Å². The number of nitrogens with zero attached hydrogens (tertiary/aromatic N) is 4. The van der Waals surface area contributed by atoms with Crippen LogP contribution in [0.15, 0.2) is 55.0 Å². The molecule has 0 fully saturated rings. The van der Waals surface area contributed by atoms with Crippen LogP contribution in [0.3, 0.4) is 0 Å². The van der Waals surface area contributed by atoms with Crippen LogP contribution in [0.2, 0.25) is 5.02 Å². The first kappa shape index (κ1) is 15.1. The van der Waals surface area contributed by atoms with Crippen molar-refractivity contribution in [2.45, 2.75) is 6.42 Å². The van der Waals surface area contributed by atoms with Gasteiger partial charge in [-0.1, -0.05) is 35.1 Å². The summed E-state index contributed by atoms with van der Waals surface area (Å²) in [6.45, 7) is 0.813. The Hall–Kier alpha value is -2.44. The quantitative estimate of drug-likeness (QED) is 0.584. The Kier molecular flexibility index (Phi) is 4.15. The lowest BCUT2D eigenvalue weighted by Gasteiger charge is -2.02. The Balaban J connectivity index is 1.52. The Morgan fingerprint density at radius 1 is 1.17 bits per heavy atom. The maximum Gasteiger partial charge on any atom is 0.214 e. The lowest BCUT2D eigenvalue weighted by molar-refractivity contribution is 0.951. The molecule has 0 atom stereocenters. The van der Waals surface area contributed by atoms with E-state index < -0.39 is 0 Å². The van der Waals surface area contributed by atoms with Crippen LogP contribution in [0.4, 0.5) is 5.13 Å². The molecule has 0 saturated carbocycles. The van der Waals surface area contributed by atoms with Gasteiger partial charge in [0, 0.05) is 29.5 Å². The summed E-state index contributed by atoms with van der Waals surface area (Å²) in [5, 5.41) is 9.53. The number of rotatable bonds is 5. The van der Waals surface area contributed by atoms with E-state index in [1.165, 1.54) is 16.9 Å². The van der Waals surface area contributed by atoms with Crippen LogP contribution in [0, 0.1) is 0 Å². The largest absolute Gasteiger partial charge is 0.360 e. The molecule has 0 spiro atoms. The predicted molar refractivity (Wildman–Crippen MR) is 97.7 cm³/mol. The first-order valence-corrected chi connectivity index (χ1v) is 8.72. The highest BCUT2D eigenvalue weighted by atomic mass is 35.5. The fourth-order valence-corrected chi connectivity index (χ4v) is 3.46. The number of halogens is 1. The highest BCUT2D eigenvalue weighted by Crippen LogP contribution is 2.27. The van der Waals surface area contributed by atoms with Crippen molar-refractivity contribution in [3.8, 4) is 11.3 Å². The van der Waals surface area contributed by atoms with Gasteiger partial charge in [-0.25, -0.2) is 9.50 Å². The van der Waals surface area contributed by atoms with E-state index in [0.29, 0.717) is 5.02 Å². The molecule has 1 N–H and O–H groups in total. The van der Waals surface area contributed by atoms with Gasteiger partial charge in [0.2, 0.25) is 10.1 Å². The number of hydrogen-bond acceptors (Lipinski definition) is 5. The molecule has 0 bridgehead atoms. The number of anilines is 1. The Morgan fingerprint density at radius 3 is 2.88 bits per heavy atom. The van der Waals surface area contributed by atoms with Crippen LogP contribution >= 0.6 is 22.9 Å². The Morgan fingerprint density at radius 2 is 2.04 bits per heavy atom. The topological polar surface area (TPSA) is 55.1 Å². The van der Waals surface area contributed by atoms with Crippen LogP contribution in [0.5, 0.6) is 0 Å². The molecule has 0 aliphatic rings. The van der Waals surface area contributed by atoms with E-state index in [-0.39, 0.29) is 0 Å². The highest BCUT2D eigenvalue weighted by Gasteiger charge is 2.11. The molecular weight excluding hydrogens is 342 g/mol. The standard InChI is InChI=1S/C17H14ClN5S/c18-14-3-1-2-13(10-14)15-11-21-17-23(15)22-16(24-17)20-9-6-12-4-7-19-8-5-12/h1-5,7-8,10-11H,6,9H2,(H,20,22). The van der Waals surface area contributed by atoms with Gasteiger partial charge in [0.05, 0.1) is 11.9 Å². The second-order valence-electron chi connectivity index (χ2n) is 5.29. The molecule has 0 radical (unpaired) electrons. The van der Waals surface area contributed by atoms with E-state index >= 15 is 0 Å². The van der Waals surface area contributed by atoms with E-state index in [9.17, 15) is 0 Å². The number of benzene rings is 1. The van der Waals surface area contributed by atoms with Gasteiger partial charge in [-0.15, -0.1) is 5.10 Å². The molecule has 24 heavy (non-hydrogen) atoms. The van der Waals surface area contributed by atoms with E-state index in [1.807, 2.05) is 59.5 Å². The minimum Gasteiger partial charge on any atom is -0.360 e. The van der Waals surface area contributed by atoms with Crippen molar-refractivity contribution in [3.05, 3.63) is 65.6 Å². The number of imidazole rings is 1. The molecule has 0 aliphatic carbocycles. The molecular formula is C17H14ClN5S. The molecule has 0 saturated heterocycles. The zero-order chi connectivity index (χ0) is 16.4. The highest BCUT2D eigenvalue weighted by molar-refractivity contribution is 7.20. The molecule has 4 rings (SSSR count). The van der Waals surface area contributed by atoms with Crippen LogP contribution < -0.4 is 5.32 Å². The van der Waals surface area contributed by atoms with Gasteiger partial charge in [0.15, 0.2) is 0 Å². The van der Waals surface area contributed by atoms with Gasteiger partial charge < -0.3 is 5.32 Å². The number of hydrogen-bond donors (Lipinski definition) is 1. The molecule has 4 aromatic rings. The van der Waals surface area contributed by atoms with Gasteiger partial charge in [-0.3, -0.25) is 4.98 Å². The third kappa shape index (κ3) is 3.11. The third-order valence-electron chi connectivity index (χ3n) is 3.65. The van der Waals surface area contributed by atoms with Crippen LogP contribution in [0.25, 0.3) is 16.2 Å². The lowest BCUT2D eigenvalue weighted by atomic mass is 10.2. The zero-order valence-corrected chi connectivity index (χ0v) is 14.3. The number of fused-ring (bicyclic) bond motifs is 1. The van der Waals surface area contributed by atoms with Crippen molar-refractivity contribution in [2.24, 2.45) is 0 Å². The molecule has 7 heteroatoms. The molecule has 1 aromatic carbocycles. The molecule has 5 nitrogen and oxygen atoms in total. The lowest BCUT2D eigenvalue weighted by Crippen LogP contribution is -2.05. The average molecular weight is 356 g/mol. The van der Waals surface area contributed by atoms with Gasteiger partial charge in [-0.2, -0.15) is 0 Å². The summed E-state index contributed by atoms with van der Waals surface area (Å²) in [6, 6.07) is 11.8. The van der Waals surface area contributed by atoms with E-state index in [0.717, 1.165) is 34.3 Å². The van der Waals surface area contributed by atoms with Crippen LogP contribution in [-0.2, 0) is 6.42 Å². The van der Waals surface area contributed by atoms with Crippen LogP contribution in [-0.4, -0.2) is 26.1 Å². The summed E-state index contributed by atoms with van der Waals surface area (Å²) in [5.41, 5.74) is 3.19. The van der Waals surface area contributed by atoms with Gasteiger partial charge in [0.25, 0.3) is 0 Å². The first-order valence-electron chi connectivity index (χ1n) is 7.53. The SMILES string of the molecule is Clc1cccc(-c2cnc3sc(NCCc4ccncc4)nn23)c1. The Labute approximate surface area is 148 Å². The number of pyridine rings is 1. The molecule has 3 aromatic heterocycles. The number of nitrogens with one attached hydrogen (secondary N) is 1.